The average molecular weight is 353 g/mol. The Hall–Kier alpha value is -2.77. The molecule has 2 aromatic rings. The van der Waals surface area contributed by atoms with Crippen molar-refractivity contribution in [3.05, 3.63) is 42.1 Å². The van der Waals surface area contributed by atoms with Crippen molar-refractivity contribution in [2.45, 2.75) is 6.18 Å². The summed E-state index contributed by atoms with van der Waals surface area (Å²) in [5.74, 6) is 0.613. The van der Waals surface area contributed by atoms with Gasteiger partial charge in [0, 0.05) is 40.0 Å². The molecule has 0 N–H and O–H groups in total. The highest BCUT2D eigenvalue weighted by molar-refractivity contribution is 5.78. The van der Waals surface area contributed by atoms with Crippen LogP contribution in [0.15, 0.2) is 36.5 Å². The highest BCUT2D eigenvalue weighted by Gasteiger charge is 2.32. The van der Waals surface area contributed by atoms with Crippen LogP contribution in [0.4, 0.5) is 23.8 Å². The predicted octanol–water partition coefficient (Wildman–Crippen LogP) is 3.89. The fourth-order valence-electron chi connectivity index (χ4n) is 2.10. The molecule has 0 aliphatic carbocycles. The van der Waals surface area contributed by atoms with E-state index in [1.54, 1.807) is 37.2 Å². The Kier molecular flexibility index (Phi) is 5.20. The number of hydrogen-bond donors (Lipinski definition) is 0. The van der Waals surface area contributed by atoms with Crippen molar-refractivity contribution in [1.82, 2.24) is 9.88 Å². The molecule has 0 saturated heterocycles. The van der Waals surface area contributed by atoms with E-state index < -0.39 is 17.8 Å². The number of halogens is 3. The van der Waals surface area contributed by atoms with Gasteiger partial charge in [0.1, 0.15) is 11.6 Å². The largest absolute Gasteiger partial charge is 0.417 e. The van der Waals surface area contributed by atoms with E-state index in [-0.39, 0.29) is 5.75 Å². The minimum Gasteiger partial charge on any atom is -0.410 e. The second-order valence-corrected chi connectivity index (χ2v) is 5.78. The number of benzene rings is 1. The summed E-state index contributed by atoms with van der Waals surface area (Å²) in [6, 6.07) is 7.34. The zero-order valence-corrected chi connectivity index (χ0v) is 14.3. The zero-order valence-electron chi connectivity index (χ0n) is 14.3. The minimum absolute atomic E-state index is 0.235. The first-order valence-electron chi connectivity index (χ1n) is 7.33. The average Bonchev–Trinajstić information content (AvgIpc) is 2.53. The number of hydrogen-bond acceptors (Lipinski definition) is 4. The van der Waals surface area contributed by atoms with Gasteiger partial charge in [-0.15, -0.1) is 0 Å². The third kappa shape index (κ3) is 4.40. The molecule has 1 amide bonds. The second kappa shape index (κ2) is 7.00. The summed E-state index contributed by atoms with van der Waals surface area (Å²) in [6.45, 7) is 0. The van der Waals surface area contributed by atoms with Crippen LogP contribution in [-0.2, 0) is 6.18 Å². The summed E-state index contributed by atoms with van der Waals surface area (Å²) >= 11 is 0. The molecule has 2 rings (SSSR count). The Morgan fingerprint density at radius 2 is 1.80 bits per heavy atom. The lowest BCUT2D eigenvalue weighted by Crippen LogP contribution is -2.25. The molecule has 1 aromatic carbocycles. The number of alkyl halides is 3. The molecule has 0 aliphatic heterocycles. The molecular formula is C17H18F3N3O2. The summed E-state index contributed by atoms with van der Waals surface area (Å²) < 4.78 is 44.3. The van der Waals surface area contributed by atoms with E-state index in [9.17, 15) is 18.0 Å². The molecule has 1 heterocycles. The Morgan fingerprint density at radius 3 is 2.36 bits per heavy atom. The molecule has 134 valence electrons. The first-order valence-corrected chi connectivity index (χ1v) is 7.33. The highest BCUT2D eigenvalue weighted by atomic mass is 19.4. The molecular weight excluding hydrogens is 335 g/mol. The zero-order chi connectivity index (χ0) is 18.8. The standard InChI is InChI=1S/C17H18F3N3O2/c1-22(2)15-14(9-12(10-21-15)17(18,19)20)11-6-5-7-13(8-11)25-16(24)23(3)4/h5-10H,1-4H3. The van der Waals surface area contributed by atoms with Crippen molar-refractivity contribution in [2.75, 3.05) is 33.1 Å². The van der Waals surface area contributed by atoms with Crippen LogP contribution >= 0.6 is 0 Å². The van der Waals surface area contributed by atoms with Gasteiger partial charge in [-0.05, 0) is 23.8 Å². The normalized spacial score (nSPS) is 11.2. The monoisotopic (exact) mass is 353 g/mol. The molecule has 0 aliphatic rings. The SMILES string of the molecule is CN(C)C(=O)Oc1cccc(-c2cc(C(F)(F)F)cnc2N(C)C)c1. The number of pyridine rings is 1. The van der Waals surface area contributed by atoms with E-state index in [0.717, 1.165) is 12.3 Å². The number of amides is 1. The van der Waals surface area contributed by atoms with Crippen molar-refractivity contribution in [2.24, 2.45) is 0 Å². The molecule has 0 spiro atoms. The summed E-state index contributed by atoms with van der Waals surface area (Å²) in [4.78, 5) is 18.5. The smallest absolute Gasteiger partial charge is 0.410 e. The van der Waals surface area contributed by atoms with Gasteiger partial charge in [-0.25, -0.2) is 9.78 Å². The Balaban J connectivity index is 2.51. The number of ether oxygens (including phenoxy) is 1. The molecule has 1 aromatic heterocycles. The maximum Gasteiger partial charge on any atom is 0.417 e. The lowest BCUT2D eigenvalue weighted by atomic mass is 10.0. The van der Waals surface area contributed by atoms with Gasteiger partial charge in [0.25, 0.3) is 0 Å². The Labute approximate surface area is 143 Å². The maximum atomic E-state index is 13.0. The maximum absolute atomic E-state index is 13.0. The van der Waals surface area contributed by atoms with Gasteiger partial charge in [0.05, 0.1) is 5.56 Å². The van der Waals surface area contributed by atoms with Crippen LogP contribution in [0.2, 0.25) is 0 Å². The van der Waals surface area contributed by atoms with Gasteiger partial charge in [-0.1, -0.05) is 12.1 Å². The second-order valence-electron chi connectivity index (χ2n) is 5.78. The van der Waals surface area contributed by atoms with Crippen molar-refractivity contribution in [1.29, 1.82) is 0 Å². The number of rotatable bonds is 3. The summed E-state index contributed by atoms with van der Waals surface area (Å²) in [7, 11) is 6.45. The number of carbonyl (C=O) groups is 1. The summed E-state index contributed by atoms with van der Waals surface area (Å²) in [5.41, 5.74) is -0.0854. The Morgan fingerprint density at radius 1 is 1.12 bits per heavy atom. The molecule has 0 bridgehead atoms. The molecule has 0 saturated carbocycles. The van der Waals surface area contributed by atoms with Gasteiger partial charge >= 0.3 is 12.3 Å². The lowest BCUT2D eigenvalue weighted by molar-refractivity contribution is -0.137. The van der Waals surface area contributed by atoms with Crippen molar-refractivity contribution >= 4 is 11.9 Å². The summed E-state index contributed by atoms with van der Waals surface area (Å²) in [6.07, 6.45) is -4.27. The van der Waals surface area contributed by atoms with Crippen LogP contribution in [0, 0.1) is 0 Å². The molecule has 25 heavy (non-hydrogen) atoms. The molecule has 5 nitrogen and oxygen atoms in total. The van der Waals surface area contributed by atoms with E-state index in [0.29, 0.717) is 16.9 Å². The first kappa shape index (κ1) is 18.6. The fraction of sp³-hybridized carbons (Fsp3) is 0.294. The van der Waals surface area contributed by atoms with Crippen LogP contribution in [0.5, 0.6) is 5.75 Å². The van der Waals surface area contributed by atoms with Crippen LogP contribution in [0.3, 0.4) is 0 Å². The van der Waals surface area contributed by atoms with Gasteiger partial charge in [0.2, 0.25) is 0 Å². The molecule has 0 radical (unpaired) electrons. The van der Waals surface area contributed by atoms with Crippen LogP contribution in [0.25, 0.3) is 11.1 Å². The van der Waals surface area contributed by atoms with Crippen molar-refractivity contribution in [3.63, 3.8) is 0 Å². The molecule has 8 heteroatoms. The van der Waals surface area contributed by atoms with Gasteiger partial charge in [-0.2, -0.15) is 13.2 Å². The number of nitrogens with zero attached hydrogens (tertiary/aromatic N) is 3. The predicted molar refractivity (Wildman–Crippen MR) is 88.7 cm³/mol. The van der Waals surface area contributed by atoms with Crippen LogP contribution in [0.1, 0.15) is 5.56 Å². The van der Waals surface area contributed by atoms with E-state index in [1.165, 1.54) is 25.1 Å². The van der Waals surface area contributed by atoms with Crippen LogP contribution in [-0.4, -0.2) is 44.2 Å². The highest BCUT2D eigenvalue weighted by Crippen LogP contribution is 2.36. The third-order valence-electron chi connectivity index (χ3n) is 3.33. The molecule has 0 fully saturated rings. The summed E-state index contributed by atoms with van der Waals surface area (Å²) in [5, 5.41) is 0. The minimum atomic E-state index is -4.50. The lowest BCUT2D eigenvalue weighted by Gasteiger charge is -2.18. The van der Waals surface area contributed by atoms with Crippen molar-refractivity contribution < 1.29 is 22.7 Å². The number of carbonyl (C=O) groups excluding carboxylic acids is 1. The Bertz CT molecular complexity index is 774. The first-order chi connectivity index (χ1) is 11.6. The van der Waals surface area contributed by atoms with Gasteiger partial charge in [0.15, 0.2) is 0 Å². The molecule has 0 atom stereocenters. The van der Waals surface area contributed by atoms with Gasteiger partial charge < -0.3 is 14.5 Å². The van der Waals surface area contributed by atoms with E-state index in [2.05, 4.69) is 4.98 Å². The number of aromatic nitrogens is 1. The topological polar surface area (TPSA) is 45.7 Å². The third-order valence-corrected chi connectivity index (χ3v) is 3.33. The molecule has 0 unspecified atom stereocenters. The number of anilines is 1. The fourth-order valence-corrected chi connectivity index (χ4v) is 2.10. The van der Waals surface area contributed by atoms with E-state index >= 15 is 0 Å². The van der Waals surface area contributed by atoms with Crippen LogP contribution < -0.4 is 9.64 Å². The van der Waals surface area contributed by atoms with E-state index in [4.69, 9.17) is 4.74 Å². The van der Waals surface area contributed by atoms with Gasteiger partial charge in [-0.3, -0.25) is 0 Å². The van der Waals surface area contributed by atoms with Crippen molar-refractivity contribution in [3.8, 4) is 16.9 Å². The quantitative estimate of drug-likeness (QED) is 0.840. The van der Waals surface area contributed by atoms with E-state index in [1.807, 2.05) is 0 Å².